The van der Waals surface area contributed by atoms with Crippen LogP contribution in [0.4, 0.5) is 0 Å². The highest BCUT2D eigenvalue weighted by atomic mass is 35.5. The Labute approximate surface area is 140 Å². The summed E-state index contributed by atoms with van der Waals surface area (Å²) >= 11 is 6.11. The predicted octanol–water partition coefficient (Wildman–Crippen LogP) is 3.28. The summed E-state index contributed by atoms with van der Waals surface area (Å²) in [4.78, 5) is 4.41. The van der Waals surface area contributed by atoms with Gasteiger partial charge in [-0.25, -0.2) is 0 Å². The SMILES string of the molecule is COc1ccc(CCc2nc(C3(N)CCC3)no2)cc1Cl.Cl. The largest absolute Gasteiger partial charge is 0.495 e. The van der Waals surface area contributed by atoms with Gasteiger partial charge in [0.15, 0.2) is 5.82 Å². The van der Waals surface area contributed by atoms with E-state index in [0.29, 0.717) is 28.9 Å². The Morgan fingerprint density at radius 2 is 2.14 bits per heavy atom. The minimum absolute atomic E-state index is 0. The van der Waals surface area contributed by atoms with E-state index < -0.39 is 0 Å². The number of hydrogen-bond acceptors (Lipinski definition) is 5. The highest BCUT2D eigenvalue weighted by Crippen LogP contribution is 2.36. The Balaban J connectivity index is 0.00000176. The monoisotopic (exact) mass is 343 g/mol. The highest BCUT2D eigenvalue weighted by molar-refractivity contribution is 6.32. The summed E-state index contributed by atoms with van der Waals surface area (Å²) in [5.74, 6) is 1.93. The summed E-state index contributed by atoms with van der Waals surface area (Å²) in [5, 5.41) is 4.62. The third-order valence-corrected chi connectivity index (χ3v) is 4.30. The minimum Gasteiger partial charge on any atom is -0.495 e. The van der Waals surface area contributed by atoms with Gasteiger partial charge >= 0.3 is 0 Å². The summed E-state index contributed by atoms with van der Waals surface area (Å²) in [6.45, 7) is 0. The van der Waals surface area contributed by atoms with E-state index in [1.807, 2.05) is 18.2 Å². The molecule has 1 saturated carbocycles. The zero-order valence-electron chi connectivity index (χ0n) is 12.3. The van der Waals surface area contributed by atoms with Gasteiger partial charge in [-0.2, -0.15) is 4.98 Å². The van der Waals surface area contributed by atoms with E-state index >= 15 is 0 Å². The molecule has 3 rings (SSSR count). The van der Waals surface area contributed by atoms with Gasteiger partial charge in [0.1, 0.15) is 5.75 Å². The molecule has 0 atom stereocenters. The molecule has 0 aliphatic heterocycles. The molecule has 1 aromatic heterocycles. The van der Waals surface area contributed by atoms with Crippen molar-refractivity contribution < 1.29 is 9.26 Å². The molecule has 0 radical (unpaired) electrons. The molecule has 120 valence electrons. The van der Waals surface area contributed by atoms with Crippen molar-refractivity contribution in [3.8, 4) is 5.75 Å². The van der Waals surface area contributed by atoms with Gasteiger partial charge < -0.3 is 15.0 Å². The normalized spacial score (nSPS) is 15.8. The van der Waals surface area contributed by atoms with Crippen molar-refractivity contribution in [1.82, 2.24) is 10.1 Å². The third kappa shape index (κ3) is 3.37. The van der Waals surface area contributed by atoms with E-state index in [9.17, 15) is 0 Å². The number of hydrogen-bond donors (Lipinski definition) is 1. The topological polar surface area (TPSA) is 74.2 Å². The molecule has 5 nitrogen and oxygen atoms in total. The van der Waals surface area contributed by atoms with Gasteiger partial charge in [0, 0.05) is 6.42 Å². The van der Waals surface area contributed by atoms with Gasteiger partial charge in [-0.05, 0) is 43.4 Å². The van der Waals surface area contributed by atoms with Gasteiger partial charge in [-0.1, -0.05) is 22.8 Å². The maximum Gasteiger partial charge on any atom is 0.227 e. The summed E-state index contributed by atoms with van der Waals surface area (Å²) in [6, 6.07) is 5.74. The van der Waals surface area contributed by atoms with Crippen molar-refractivity contribution in [2.45, 2.75) is 37.6 Å². The maximum absolute atomic E-state index is 6.18. The Morgan fingerprint density at radius 3 is 2.73 bits per heavy atom. The second-order valence-corrected chi connectivity index (χ2v) is 5.90. The number of methoxy groups -OCH3 is 1. The predicted molar refractivity (Wildman–Crippen MR) is 86.7 cm³/mol. The van der Waals surface area contributed by atoms with Crippen LogP contribution in [0.2, 0.25) is 5.02 Å². The average molecular weight is 344 g/mol. The summed E-state index contributed by atoms with van der Waals surface area (Å²) in [6.07, 6.45) is 4.44. The first-order chi connectivity index (χ1) is 10.1. The molecule has 2 aromatic rings. The number of nitrogens with two attached hydrogens (primary N) is 1. The number of halogens is 2. The van der Waals surface area contributed by atoms with E-state index in [1.54, 1.807) is 7.11 Å². The Bertz CT molecular complexity index is 641. The Hall–Kier alpha value is -1.30. The maximum atomic E-state index is 6.18. The molecule has 0 unspecified atom stereocenters. The molecule has 1 aliphatic carbocycles. The standard InChI is InChI=1S/C15H18ClN3O2.ClH/c1-20-12-5-3-10(9-11(12)16)4-6-13-18-14(19-21-13)15(17)7-2-8-15;/h3,5,9H,2,4,6-8,17H2,1H3;1H. The van der Waals surface area contributed by atoms with E-state index in [0.717, 1.165) is 31.2 Å². The number of aryl methyl sites for hydroxylation is 2. The fourth-order valence-electron chi connectivity index (χ4n) is 2.46. The molecular weight excluding hydrogens is 325 g/mol. The van der Waals surface area contributed by atoms with Crippen LogP contribution in [0.1, 0.15) is 36.5 Å². The lowest BCUT2D eigenvalue weighted by Crippen LogP contribution is -2.44. The highest BCUT2D eigenvalue weighted by Gasteiger charge is 2.38. The zero-order valence-corrected chi connectivity index (χ0v) is 13.9. The minimum atomic E-state index is -0.370. The van der Waals surface area contributed by atoms with Gasteiger partial charge in [0.2, 0.25) is 5.89 Å². The lowest BCUT2D eigenvalue weighted by atomic mass is 9.77. The fourth-order valence-corrected chi connectivity index (χ4v) is 2.74. The van der Waals surface area contributed by atoms with Gasteiger partial charge in [-0.15, -0.1) is 12.4 Å². The molecule has 2 N–H and O–H groups in total. The molecule has 7 heteroatoms. The smallest absolute Gasteiger partial charge is 0.227 e. The van der Waals surface area contributed by atoms with Gasteiger partial charge in [0.05, 0.1) is 17.7 Å². The van der Waals surface area contributed by atoms with Crippen LogP contribution < -0.4 is 10.5 Å². The summed E-state index contributed by atoms with van der Waals surface area (Å²) < 4.78 is 10.4. The Morgan fingerprint density at radius 1 is 1.36 bits per heavy atom. The van der Waals surface area contributed by atoms with Crippen molar-refractivity contribution >= 4 is 24.0 Å². The first-order valence-corrected chi connectivity index (χ1v) is 7.43. The van der Waals surface area contributed by atoms with Crippen LogP contribution in [0.3, 0.4) is 0 Å². The van der Waals surface area contributed by atoms with Crippen molar-refractivity contribution in [2.24, 2.45) is 5.73 Å². The second kappa shape index (κ2) is 6.86. The van der Waals surface area contributed by atoms with E-state index in [1.165, 1.54) is 0 Å². The summed E-state index contributed by atoms with van der Waals surface area (Å²) in [7, 11) is 1.60. The van der Waals surface area contributed by atoms with E-state index in [2.05, 4.69) is 10.1 Å². The van der Waals surface area contributed by atoms with Crippen LogP contribution in [0, 0.1) is 0 Å². The number of rotatable bonds is 5. The van der Waals surface area contributed by atoms with Crippen LogP contribution in [0.5, 0.6) is 5.75 Å². The molecule has 1 aromatic carbocycles. The van der Waals surface area contributed by atoms with Crippen molar-refractivity contribution in [3.05, 3.63) is 40.5 Å². The van der Waals surface area contributed by atoms with Crippen LogP contribution in [0.25, 0.3) is 0 Å². The van der Waals surface area contributed by atoms with Crippen LogP contribution in [-0.2, 0) is 18.4 Å². The number of aromatic nitrogens is 2. The fraction of sp³-hybridized carbons (Fsp3) is 0.467. The van der Waals surface area contributed by atoms with E-state index in [4.69, 9.17) is 26.6 Å². The van der Waals surface area contributed by atoms with Crippen LogP contribution in [0.15, 0.2) is 22.7 Å². The Kier molecular flexibility index (Phi) is 5.32. The lowest BCUT2D eigenvalue weighted by Gasteiger charge is -2.34. The second-order valence-electron chi connectivity index (χ2n) is 5.49. The molecule has 0 spiro atoms. The molecule has 1 heterocycles. The zero-order chi connectivity index (χ0) is 14.9. The van der Waals surface area contributed by atoms with Gasteiger partial charge in [-0.3, -0.25) is 0 Å². The third-order valence-electron chi connectivity index (χ3n) is 4.00. The van der Waals surface area contributed by atoms with Crippen molar-refractivity contribution in [3.63, 3.8) is 0 Å². The average Bonchev–Trinajstić information content (AvgIpc) is 2.92. The molecule has 1 aliphatic rings. The number of nitrogens with zero attached hydrogens (tertiary/aromatic N) is 2. The molecule has 22 heavy (non-hydrogen) atoms. The van der Waals surface area contributed by atoms with Crippen LogP contribution >= 0.6 is 24.0 Å². The van der Waals surface area contributed by atoms with Crippen molar-refractivity contribution in [2.75, 3.05) is 7.11 Å². The molecule has 0 bridgehead atoms. The number of benzene rings is 1. The van der Waals surface area contributed by atoms with Crippen LogP contribution in [-0.4, -0.2) is 17.3 Å². The molecular formula is C15H19Cl2N3O2. The van der Waals surface area contributed by atoms with E-state index in [-0.39, 0.29) is 17.9 Å². The van der Waals surface area contributed by atoms with Crippen molar-refractivity contribution in [1.29, 1.82) is 0 Å². The lowest BCUT2D eigenvalue weighted by molar-refractivity contribution is 0.229. The molecule has 1 fully saturated rings. The quantitative estimate of drug-likeness (QED) is 0.901. The number of ether oxygens (including phenoxy) is 1. The molecule has 0 amide bonds. The first-order valence-electron chi connectivity index (χ1n) is 7.05. The first kappa shape index (κ1) is 17.1. The summed E-state index contributed by atoms with van der Waals surface area (Å²) in [5.41, 5.74) is 6.91. The molecule has 0 saturated heterocycles. The van der Waals surface area contributed by atoms with Gasteiger partial charge in [0.25, 0.3) is 0 Å².